The van der Waals surface area contributed by atoms with Crippen molar-refractivity contribution >= 4 is 43.7 Å². The molecule has 4 aromatic heterocycles. The van der Waals surface area contributed by atoms with Gasteiger partial charge in [0.2, 0.25) is 0 Å². The highest BCUT2D eigenvalue weighted by molar-refractivity contribution is 6.11. The molecule has 10 aromatic rings. The van der Waals surface area contributed by atoms with Crippen molar-refractivity contribution in [2.45, 2.75) is 0 Å². The van der Waals surface area contributed by atoms with E-state index in [1.54, 1.807) is 0 Å². The third-order valence-electron chi connectivity index (χ3n) is 9.77. The van der Waals surface area contributed by atoms with Gasteiger partial charge in [0, 0.05) is 39.0 Å². The fraction of sp³-hybridized carbons (Fsp3) is 0. The third-order valence-corrected chi connectivity index (χ3v) is 9.77. The molecule has 0 fully saturated rings. The maximum Gasteiger partial charge on any atom is 0.145 e. The second-order valence-electron chi connectivity index (χ2n) is 12.7. The van der Waals surface area contributed by atoms with E-state index in [1.807, 2.05) is 18.3 Å². The molecular weight excluding hydrogens is 609 g/mol. The molecular formula is C46H30N4. The molecule has 50 heavy (non-hydrogen) atoms. The lowest BCUT2D eigenvalue weighted by Gasteiger charge is -2.13. The first kappa shape index (κ1) is 28.3. The van der Waals surface area contributed by atoms with Crippen LogP contribution in [-0.4, -0.2) is 19.1 Å². The first-order chi connectivity index (χ1) is 24.8. The largest absolute Gasteiger partial charge is 0.294 e. The molecule has 0 aliphatic heterocycles. The molecule has 0 aliphatic carbocycles. The molecule has 6 aromatic carbocycles. The Labute approximate surface area is 289 Å². The smallest absolute Gasteiger partial charge is 0.145 e. The average molecular weight is 639 g/mol. The number of hydrogen-bond acceptors (Lipinski definition) is 2. The minimum Gasteiger partial charge on any atom is -0.294 e. The lowest BCUT2D eigenvalue weighted by atomic mass is 10.0. The first-order valence-corrected chi connectivity index (χ1v) is 16.9. The number of benzene rings is 6. The van der Waals surface area contributed by atoms with Crippen molar-refractivity contribution in [2.75, 3.05) is 0 Å². The summed E-state index contributed by atoms with van der Waals surface area (Å²) in [7, 11) is 0. The Bertz CT molecular complexity index is 2790. The van der Waals surface area contributed by atoms with E-state index in [4.69, 9.17) is 9.97 Å². The van der Waals surface area contributed by atoms with Gasteiger partial charge in [-0.15, -0.1) is 0 Å². The van der Waals surface area contributed by atoms with E-state index < -0.39 is 0 Å². The van der Waals surface area contributed by atoms with Gasteiger partial charge < -0.3 is 0 Å². The normalized spacial score (nSPS) is 11.6. The zero-order valence-corrected chi connectivity index (χ0v) is 27.1. The molecule has 4 heterocycles. The number of fused-ring (bicyclic) bond motifs is 6. The van der Waals surface area contributed by atoms with Gasteiger partial charge in [-0.3, -0.25) is 9.13 Å². The summed E-state index contributed by atoms with van der Waals surface area (Å²) in [6, 6.07) is 62.4. The minimum atomic E-state index is 0.888. The second-order valence-corrected chi connectivity index (χ2v) is 12.7. The molecule has 4 heteroatoms. The molecule has 0 spiro atoms. The van der Waals surface area contributed by atoms with Crippen LogP contribution in [0.1, 0.15) is 0 Å². The Hall–Kier alpha value is -6.78. The van der Waals surface area contributed by atoms with E-state index in [2.05, 4.69) is 173 Å². The number of nitrogens with zero attached hydrogens (tertiary/aromatic N) is 4. The maximum atomic E-state index is 5.34. The van der Waals surface area contributed by atoms with Gasteiger partial charge in [0.25, 0.3) is 0 Å². The van der Waals surface area contributed by atoms with Crippen LogP contribution in [0.25, 0.3) is 88.8 Å². The maximum absolute atomic E-state index is 5.34. The minimum absolute atomic E-state index is 0.888. The van der Waals surface area contributed by atoms with E-state index in [-0.39, 0.29) is 0 Å². The molecule has 234 valence electrons. The van der Waals surface area contributed by atoms with Crippen LogP contribution in [-0.2, 0) is 0 Å². The van der Waals surface area contributed by atoms with Gasteiger partial charge in [-0.1, -0.05) is 121 Å². The molecule has 0 atom stereocenters. The van der Waals surface area contributed by atoms with Crippen LogP contribution < -0.4 is 0 Å². The van der Waals surface area contributed by atoms with E-state index in [9.17, 15) is 0 Å². The van der Waals surface area contributed by atoms with Crippen LogP contribution in [0.15, 0.2) is 182 Å². The summed E-state index contributed by atoms with van der Waals surface area (Å²) in [5.41, 5.74) is 12.0. The molecule has 0 unspecified atom stereocenters. The van der Waals surface area contributed by atoms with Gasteiger partial charge in [0.15, 0.2) is 0 Å². The number of hydrogen-bond donors (Lipinski definition) is 0. The number of pyridine rings is 2. The summed E-state index contributed by atoms with van der Waals surface area (Å²) >= 11 is 0. The third kappa shape index (κ3) is 4.54. The zero-order chi connectivity index (χ0) is 33.0. The molecule has 0 radical (unpaired) electrons. The molecule has 0 saturated carbocycles. The highest BCUT2D eigenvalue weighted by Gasteiger charge is 2.18. The predicted molar refractivity (Wildman–Crippen MR) is 207 cm³/mol. The number of para-hydroxylation sites is 2. The van der Waals surface area contributed by atoms with Gasteiger partial charge in [-0.25, -0.2) is 9.97 Å². The van der Waals surface area contributed by atoms with Crippen molar-refractivity contribution in [1.82, 2.24) is 19.1 Å². The summed E-state index contributed by atoms with van der Waals surface area (Å²) in [5, 5.41) is 4.73. The van der Waals surface area contributed by atoms with Crippen molar-refractivity contribution in [3.8, 4) is 45.0 Å². The van der Waals surface area contributed by atoms with Crippen molar-refractivity contribution < 1.29 is 0 Å². The molecule has 0 bridgehead atoms. The summed E-state index contributed by atoms with van der Waals surface area (Å²) < 4.78 is 4.60. The summed E-state index contributed by atoms with van der Waals surface area (Å²) in [6.07, 6.45) is 1.87. The predicted octanol–water partition coefficient (Wildman–Crippen LogP) is 11.7. The molecule has 10 rings (SSSR count). The van der Waals surface area contributed by atoms with Crippen molar-refractivity contribution in [2.24, 2.45) is 0 Å². The Morgan fingerprint density at radius 2 is 0.940 bits per heavy atom. The highest BCUT2D eigenvalue weighted by atomic mass is 15.1. The van der Waals surface area contributed by atoms with Gasteiger partial charge in [-0.2, -0.15) is 0 Å². The van der Waals surface area contributed by atoms with Crippen LogP contribution in [0.3, 0.4) is 0 Å². The van der Waals surface area contributed by atoms with E-state index in [1.165, 1.54) is 16.2 Å². The average Bonchev–Trinajstić information content (AvgIpc) is 3.71. The number of aromatic nitrogens is 4. The Balaban J connectivity index is 1.22. The fourth-order valence-electron chi connectivity index (χ4n) is 7.44. The molecule has 0 aliphatic rings. The summed E-state index contributed by atoms with van der Waals surface area (Å²) in [4.78, 5) is 10.2. The van der Waals surface area contributed by atoms with Gasteiger partial charge >= 0.3 is 0 Å². The summed E-state index contributed by atoms with van der Waals surface area (Å²) in [5.74, 6) is 0.888. The van der Waals surface area contributed by atoms with E-state index >= 15 is 0 Å². The van der Waals surface area contributed by atoms with Gasteiger partial charge in [0.1, 0.15) is 11.5 Å². The van der Waals surface area contributed by atoms with Gasteiger partial charge in [-0.05, 0) is 76.9 Å². The van der Waals surface area contributed by atoms with E-state index in [0.29, 0.717) is 0 Å². The van der Waals surface area contributed by atoms with Crippen molar-refractivity contribution in [1.29, 1.82) is 0 Å². The fourth-order valence-corrected chi connectivity index (χ4v) is 7.44. The standard InChI is InChI=1S/C46H30N4/c1-4-13-31(14-5-1)35-27-41(32-15-6-2-7-16-32)48-45(30-35)50-42-21-11-10-19-37(42)38-24-22-34(29-44(38)50)33-23-25-39-40-20-12-26-47-46(40)49(43(39)28-33)36-17-8-3-9-18-36/h1-30H. The van der Waals surface area contributed by atoms with E-state index in [0.717, 1.165) is 72.6 Å². The van der Waals surface area contributed by atoms with Crippen LogP contribution in [0.2, 0.25) is 0 Å². The van der Waals surface area contributed by atoms with Crippen LogP contribution >= 0.6 is 0 Å². The zero-order valence-electron chi connectivity index (χ0n) is 27.1. The lowest BCUT2D eigenvalue weighted by Crippen LogP contribution is -2.00. The Morgan fingerprint density at radius 1 is 0.360 bits per heavy atom. The SMILES string of the molecule is c1ccc(-c2cc(-c3ccccc3)nc(-n3c4ccccc4c4ccc(-c5ccc6c7cccnc7n(-c7ccccc7)c6c5)cc43)c2)cc1. The topological polar surface area (TPSA) is 35.6 Å². The monoisotopic (exact) mass is 638 g/mol. The van der Waals surface area contributed by atoms with Crippen LogP contribution in [0.5, 0.6) is 0 Å². The highest BCUT2D eigenvalue weighted by Crippen LogP contribution is 2.38. The Kier molecular flexibility index (Phi) is 6.46. The quantitative estimate of drug-likeness (QED) is 0.188. The summed E-state index contributed by atoms with van der Waals surface area (Å²) in [6.45, 7) is 0. The molecule has 0 N–H and O–H groups in total. The molecule has 0 amide bonds. The lowest BCUT2D eigenvalue weighted by molar-refractivity contribution is 1.08. The van der Waals surface area contributed by atoms with Crippen LogP contribution in [0, 0.1) is 0 Å². The Morgan fingerprint density at radius 3 is 1.68 bits per heavy atom. The first-order valence-electron chi connectivity index (χ1n) is 16.9. The van der Waals surface area contributed by atoms with Crippen LogP contribution in [0.4, 0.5) is 0 Å². The van der Waals surface area contributed by atoms with Gasteiger partial charge in [0.05, 0.1) is 22.2 Å². The van der Waals surface area contributed by atoms with Crippen molar-refractivity contribution in [3.05, 3.63) is 182 Å². The van der Waals surface area contributed by atoms with Crippen molar-refractivity contribution in [3.63, 3.8) is 0 Å². The number of rotatable bonds is 5. The molecule has 4 nitrogen and oxygen atoms in total. The second kappa shape index (κ2) is 11.4. The molecule has 0 saturated heterocycles.